The van der Waals surface area contributed by atoms with E-state index in [0.717, 1.165) is 16.1 Å². The van der Waals surface area contributed by atoms with Gasteiger partial charge in [0.05, 0.1) is 18.0 Å². The summed E-state index contributed by atoms with van der Waals surface area (Å²) in [6.07, 6.45) is 1.01. The van der Waals surface area contributed by atoms with Gasteiger partial charge in [-0.15, -0.1) is 0 Å². The maximum Gasteiger partial charge on any atom is 0.241 e. The maximum absolute atomic E-state index is 12.4. The number of anilines is 1. The lowest BCUT2D eigenvalue weighted by molar-refractivity contribution is -0.120. The fourth-order valence-electron chi connectivity index (χ4n) is 2.43. The van der Waals surface area contributed by atoms with E-state index >= 15 is 0 Å². The predicted molar refractivity (Wildman–Crippen MR) is 113 cm³/mol. The lowest BCUT2D eigenvalue weighted by Crippen LogP contribution is -2.44. The third-order valence-electron chi connectivity index (χ3n) is 3.75. The molecule has 0 saturated heterocycles. The van der Waals surface area contributed by atoms with E-state index in [2.05, 4.69) is 5.32 Å². The molecule has 1 N–H and O–H groups in total. The number of aryl methyl sites for hydroxylation is 1. The zero-order valence-electron chi connectivity index (χ0n) is 15.8. The molecule has 1 atom stereocenters. The van der Waals surface area contributed by atoms with Crippen LogP contribution in [0.1, 0.15) is 12.5 Å². The molecular formula is C19H22Cl2N2O4S. The van der Waals surface area contributed by atoms with Gasteiger partial charge < -0.3 is 10.1 Å². The second-order valence-electron chi connectivity index (χ2n) is 6.49. The summed E-state index contributed by atoms with van der Waals surface area (Å²) in [6.45, 7) is 3.60. The van der Waals surface area contributed by atoms with Crippen LogP contribution in [-0.4, -0.2) is 39.8 Å². The SMILES string of the molecule is Cc1ccc(OC[C@H](C)NC(=O)CN(c2cc(Cl)cc(Cl)c2)S(C)(=O)=O)cc1. The molecule has 0 aliphatic rings. The Morgan fingerprint density at radius 1 is 1.14 bits per heavy atom. The van der Waals surface area contributed by atoms with Crippen LogP contribution in [0.5, 0.6) is 5.75 Å². The summed E-state index contributed by atoms with van der Waals surface area (Å²) in [5.41, 5.74) is 1.34. The Kier molecular flexibility index (Phi) is 7.57. The summed E-state index contributed by atoms with van der Waals surface area (Å²) in [6, 6.07) is 11.6. The highest BCUT2D eigenvalue weighted by Crippen LogP contribution is 2.26. The Morgan fingerprint density at radius 3 is 2.25 bits per heavy atom. The van der Waals surface area contributed by atoms with E-state index < -0.39 is 22.5 Å². The van der Waals surface area contributed by atoms with Crippen molar-refractivity contribution in [3.05, 3.63) is 58.1 Å². The normalized spacial score (nSPS) is 12.3. The van der Waals surface area contributed by atoms with Gasteiger partial charge in [0.1, 0.15) is 18.9 Å². The Balaban J connectivity index is 2.00. The predicted octanol–water partition coefficient (Wildman–Crippen LogP) is 3.65. The first-order valence-corrected chi connectivity index (χ1v) is 11.1. The zero-order valence-corrected chi connectivity index (χ0v) is 18.1. The van der Waals surface area contributed by atoms with E-state index in [1.54, 1.807) is 6.92 Å². The third kappa shape index (κ3) is 6.89. The molecule has 28 heavy (non-hydrogen) atoms. The number of nitrogens with zero attached hydrogens (tertiary/aromatic N) is 1. The van der Waals surface area contributed by atoms with Gasteiger partial charge in [0.15, 0.2) is 0 Å². The summed E-state index contributed by atoms with van der Waals surface area (Å²) < 4.78 is 30.9. The number of carbonyl (C=O) groups excluding carboxylic acids is 1. The second kappa shape index (κ2) is 9.49. The fourth-order valence-corrected chi connectivity index (χ4v) is 3.79. The van der Waals surface area contributed by atoms with E-state index in [1.807, 2.05) is 31.2 Å². The van der Waals surface area contributed by atoms with Crippen molar-refractivity contribution in [3.63, 3.8) is 0 Å². The average Bonchev–Trinajstić information content (AvgIpc) is 2.57. The van der Waals surface area contributed by atoms with Gasteiger partial charge >= 0.3 is 0 Å². The molecule has 152 valence electrons. The largest absolute Gasteiger partial charge is 0.491 e. The van der Waals surface area contributed by atoms with Crippen LogP contribution in [0.2, 0.25) is 10.0 Å². The van der Waals surface area contributed by atoms with Gasteiger partial charge in [-0.1, -0.05) is 40.9 Å². The molecule has 2 rings (SSSR count). The maximum atomic E-state index is 12.4. The number of ether oxygens (including phenoxy) is 1. The zero-order chi connectivity index (χ0) is 20.9. The van der Waals surface area contributed by atoms with Gasteiger partial charge in [-0.25, -0.2) is 8.42 Å². The van der Waals surface area contributed by atoms with Crippen molar-refractivity contribution >= 4 is 44.8 Å². The molecule has 0 unspecified atom stereocenters. The Hall–Kier alpha value is -1.96. The van der Waals surface area contributed by atoms with Gasteiger partial charge in [0, 0.05) is 10.0 Å². The summed E-state index contributed by atoms with van der Waals surface area (Å²) in [4.78, 5) is 12.4. The van der Waals surface area contributed by atoms with Crippen molar-refractivity contribution in [1.29, 1.82) is 0 Å². The standard InChI is InChI=1S/C19H22Cl2N2O4S/c1-13-4-6-18(7-5-13)27-12-14(2)22-19(24)11-23(28(3,25)26)17-9-15(20)8-16(21)10-17/h4-10,14H,11-12H2,1-3H3,(H,22,24)/t14-/m0/s1. The molecule has 0 heterocycles. The number of rotatable bonds is 8. The molecule has 2 aromatic rings. The minimum Gasteiger partial charge on any atom is -0.491 e. The minimum absolute atomic E-state index is 0.221. The molecule has 0 saturated carbocycles. The summed E-state index contributed by atoms with van der Waals surface area (Å²) >= 11 is 11.9. The first-order valence-electron chi connectivity index (χ1n) is 8.47. The van der Waals surface area contributed by atoms with Crippen LogP contribution >= 0.6 is 23.2 Å². The van der Waals surface area contributed by atoms with Crippen molar-refractivity contribution in [3.8, 4) is 5.75 Å². The van der Waals surface area contributed by atoms with Crippen LogP contribution in [-0.2, 0) is 14.8 Å². The molecule has 0 radical (unpaired) electrons. The highest BCUT2D eigenvalue weighted by molar-refractivity contribution is 7.92. The quantitative estimate of drug-likeness (QED) is 0.673. The van der Waals surface area contributed by atoms with E-state index in [4.69, 9.17) is 27.9 Å². The van der Waals surface area contributed by atoms with Crippen LogP contribution < -0.4 is 14.4 Å². The smallest absolute Gasteiger partial charge is 0.241 e. The van der Waals surface area contributed by atoms with Crippen LogP contribution in [0.15, 0.2) is 42.5 Å². The van der Waals surface area contributed by atoms with Crippen molar-refractivity contribution in [1.82, 2.24) is 5.32 Å². The molecule has 0 aliphatic heterocycles. The number of hydrogen-bond acceptors (Lipinski definition) is 4. The van der Waals surface area contributed by atoms with Crippen LogP contribution in [0.4, 0.5) is 5.69 Å². The molecule has 0 aromatic heterocycles. The fraction of sp³-hybridized carbons (Fsp3) is 0.316. The van der Waals surface area contributed by atoms with Gasteiger partial charge in [0.25, 0.3) is 0 Å². The highest BCUT2D eigenvalue weighted by atomic mass is 35.5. The molecule has 6 nitrogen and oxygen atoms in total. The van der Waals surface area contributed by atoms with Crippen LogP contribution in [0, 0.1) is 6.92 Å². The molecule has 9 heteroatoms. The lowest BCUT2D eigenvalue weighted by Gasteiger charge is -2.23. The molecule has 2 aromatic carbocycles. The number of hydrogen-bond donors (Lipinski definition) is 1. The van der Waals surface area contributed by atoms with Gasteiger partial charge in [-0.3, -0.25) is 9.10 Å². The van der Waals surface area contributed by atoms with Crippen molar-refractivity contribution < 1.29 is 17.9 Å². The van der Waals surface area contributed by atoms with E-state index in [1.165, 1.54) is 18.2 Å². The molecule has 0 fully saturated rings. The average molecular weight is 445 g/mol. The molecule has 0 spiro atoms. The Bertz CT molecular complexity index is 913. The third-order valence-corrected chi connectivity index (χ3v) is 5.33. The number of amides is 1. The van der Waals surface area contributed by atoms with E-state index in [9.17, 15) is 13.2 Å². The monoisotopic (exact) mass is 444 g/mol. The van der Waals surface area contributed by atoms with Gasteiger partial charge in [0.2, 0.25) is 15.9 Å². The van der Waals surface area contributed by atoms with Crippen molar-refractivity contribution in [2.75, 3.05) is 23.7 Å². The van der Waals surface area contributed by atoms with Crippen LogP contribution in [0.3, 0.4) is 0 Å². The van der Waals surface area contributed by atoms with E-state index in [-0.39, 0.29) is 28.4 Å². The summed E-state index contributed by atoms with van der Waals surface area (Å²) in [5, 5.41) is 3.28. The van der Waals surface area contributed by atoms with Crippen molar-refractivity contribution in [2.45, 2.75) is 19.9 Å². The first-order chi connectivity index (χ1) is 13.0. The number of benzene rings is 2. The summed E-state index contributed by atoms with van der Waals surface area (Å²) in [5.74, 6) is 0.222. The number of nitrogens with one attached hydrogen (secondary N) is 1. The number of sulfonamides is 1. The molecular weight excluding hydrogens is 423 g/mol. The van der Waals surface area contributed by atoms with Gasteiger partial charge in [-0.05, 0) is 44.2 Å². The summed E-state index contributed by atoms with van der Waals surface area (Å²) in [7, 11) is -3.72. The Morgan fingerprint density at radius 2 is 1.71 bits per heavy atom. The Labute approximate surface area is 175 Å². The van der Waals surface area contributed by atoms with Crippen LogP contribution in [0.25, 0.3) is 0 Å². The van der Waals surface area contributed by atoms with Gasteiger partial charge in [-0.2, -0.15) is 0 Å². The second-order valence-corrected chi connectivity index (χ2v) is 9.27. The van der Waals surface area contributed by atoms with Crippen molar-refractivity contribution in [2.24, 2.45) is 0 Å². The minimum atomic E-state index is -3.72. The molecule has 1 amide bonds. The number of carbonyl (C=O) groups is 1. The molecule has 0 bridgehead atoms. The van der Waals surface area contributed by atoms with E-state index in [0.29, 0.717) is 5.75 Å². The first kappa shape index (κ1) is 22.3. The highest BCUT2D eigenvalue weighted by Gasteiger charge is 2.22. The lowest BCUT2D eigenvalue weighted by atomic mass is 10.2. The molecule has 0 aliphatic carbocycles. The topological polar surface area (TPSA) is 75.7 Å². The number of halogens is 2.